The second-order valence-electron chi connectivity index (χ2n) is 6.73. The van der Waals surface area contributed by atoms with Crippen molar-refractivity contribution in [3.05, 3.63) is 59.4 Å². The van der Waals surface area contributed by atoms with Gasteiger partial charge in [-0.2, -0.15) is 0 Å². The van der Waals surface area contributed by atoms with Gasteiger partial charge in [-0.15, -0.1) is 0 Å². The van der Waals surface area contributed by atoms with Gasteiger partial charge in [0, 0.05) is 18.3 Å². The van der Waals surface area contributed by atoms with E-state index in [1.165, 1.54) is 30.5 Å². The molecule has 25 heavy (non-hydrogen) atoms. The molecule has 0 spiro atoms. The lowest BCUT2D eigenvalue weighted by Gasteiger charge is -2.36. The van der Waals surface area contributed by atoms with E-state index in [2.05, 4.69) is 28.1 Å². The van der Waals surface area contributed by atoms with Gasteiger partial charge in [-0.1, -0.05) is 12.5 Å². The van der Waals surface area contributed by atoms with Crippen LogP contribution in [0.25, 0.3) is 6.08 Å². The summed E-state index contributed by atoms with van der Waals surface area (Å²) >= 11 is 0. The van der Waals surface area contributed by atoms with Crippen LogP contribution in [0, 0.1) is 0 Å². The van der Waals surface area contributed by atoms with Gasteiger partial charge in [0.1, 0.15) is 18.1 Å². The molecule has 0 radical (unpaired) electrons. The third kappa shape index (κ3) is 3.54. The summed E-state index contributed by atoms with van der Waals surface area (Å²) in [5.74, 6) is 1.80. The Morgan fingerprint density at radius 3 is 3.04 bits per heavy atom. The average Bonchev–Trinajstić information content (AvgIpc) is 2.68. The standard InChI is InChI=1S/C21H24N2O2/c1-24-18-8-9-21-17(13-18)12-16(15-25-21)14-23-11-5-3-7-20(23)19-6-2-4-10-22-19/h2,4,6,8-10,12-13,20H,3,5,7,11,14-15H2,1H3/t20-/m1/s1. The zero-order valence-corrected chi connectivity index (χ0v) is 14.6. The minimum Gasteiger partial charge on any atom is -0.497 e. The van der Waals surface area contributed by atoms with Crippen LogP contribution in [0.3, 0.4) is 0 Å². The summed E-state index contributed by atoms with van der Waals surface area (Å²) in [7, 11) is 1.70. The number of methoxy groups -OCH3 is 1. The van der Waals surface area contributed by atoms with Gasteiger partial charge in [0.25, 0.3) is 0 Å². The predicted octanol–water partition coefficient (Wildman–Crippen LogP) is 4.09. The Morgan fingerprint density at radius 2 is 2.20 bits per heavy atom. The number of hydrogen-bond acceptors (Lipinski definition) is 4. The summed E-state index contributed by atoms with van der Waals surface area (Å²) < 4.78 is 11.3. The third-order valence-corrected chi connectivity index (χ3v) is 5.04. The SMILES string of the molecule is COc1ccc2c(c1)C=C(CN1CCCC[C@@H]1c1ccccn1)CO2. The van der Waals surface area contributed by atoms with Crippen molar-refractivity contribution in [1.82, 2.24) is 9.88 Å². The number of fused-ring (bicyclic) bond motifs is 1. The van der Waals surface area contributed by atoms with Crippen molar-refractivity contribution in [2.75, 3.05) is 26.8 Å². The van der Waals surface area contributed by atoms with Crippen LogP contribution in [-0.2, 0) is 0 Å². The van der Waals surface area contributed by atoms with Crippen LogP contribution in [0.4, 0.5) is 0 Å². The smallest absolute Gasteiger partial charge is 0.127 e. The molecule has 4 heteroatoms. The summed E-state index contributed by atoms with van der Waals surface area (Å²) in [6.45, 7) is 2.70. The first kappa shape index (κ1) is 16.2. The molecule has 2 aliphatic rings. The molecule has 0 aliphatic carbocycles. The lowest BCUT2D eigenvalue weighted by atomic mass is 9.97. The number of nitrogens with zero attached hydrogens (tertiary/aromatic N) is 2. The Balaban J connectivity index is 1.55. The van der Waals surface area contributed by atoms with Crippen molar-refractivity contribution in [2.45, 2.75) is 25.3 Å². The number of hydrogen-bond donors (Lipinski definition) is 0. The molecular formula is C21H24N2O2. The summed E-state index contributed by atoms with van der Waals surface area (Å²) in [4.78, 5) is 7.14. The monoisotopic (exact) mass is 336 g/mol. The van der Waals surface area contributed by atoms with E-state index in [1.807, 2.05) is 30.5 Å². The molecule has 1 aromatic carbocycles. The van der Waals surface area contributed by atoms with E-state index in [4.69, 9.17) is 9.47 Å². The van der Waals surface area contributed by atoms with Gasteiger partial charge in [-0.25, -0.2) is 0 Å². The molecule has 2 aliphatic heterocycles. The normalized spacial score (nSPS) is 20.4. The Labute approximate surface area is 149 Å². The molecule has 1 fully saturated rings. The molecule has 0 saturated carbocycles. The average molecular weight is 336 g/mol. The molecule has 130 valence electrons. The maximum Gasteiger partial charge on any atom is 0.127 e. The maximum atomic E-state index is 5.95. The minimum atomic E-state index is 0.405. The summed E-state index contributed by atoms with van der Waals surface area (Å²) in [5, 5.41) is 0. The van der Waals surface area contributed by atoms with E-state index in [0.717, 1.165) is 30.2 Å². The van der Waals surface area contributed by atoms with Gasteiger partial charge in [0.2, 0.25) is 0 Å². The Kier molecular flexibility index (Phi) is 4.70. The number of benzene rings is 1. The predicted molar refractivity (Wildman–Crippen MR) is 98.9 cm³/mol. The highest BCUT2D eigenvalue weighted by molar-refractivity contribution is 5.64. The second kappa shape index (κ2) is 7.28. The molecule has 0 bridgehead atoms. The van der Waals surface area contributed by atoms with Crippen LogP contribution in [0.2, 0.25) is 0 Å². The lowest BCUT2D eigenvalue weighted by molar-refractivity contribution is 0.154. The highest BCUT2D eigenvalue weighted by Gasteiger charge is 2.26. The summed E-state index contributed by atoms with van der Waals surface area (Å²) in [6.07, 6.45) is 7.85. The Morgan fingerprint density at radius 1 is 1.24 bits per heavy atom. The molecular weight excluding hydrogens is 312 g/mol. The quantitative estimate of drug-likeness (QED) is 0.842. The highest BCUT2D eigenvalue weighted by Crippen LogP contribution is 2.33. The van der Waals surface area contributed by atoms with Gasteiger partial charge in [0.15, 0.2) is 0 Å². The van der Waals surface area contributed by atoms with Crippen molar-refractivity contribution in [3.63, 3.8) is 0 Å². The van der Waals surface area contributed by atoms with Crippen LogP contribution < -0.4 is 9.47 Å². The molecule has 0 N–H and O–H groups in total. The van der Waals surface area contributed by atoms with E-state index in [-0.39, 0.29) is 0 Å². The van der Waals surface area contributed by atoms with E-state index in [1.54, 1.807) is 7.11 Å². The second-order valence-corrected chi connectivity index (χ2v) is 6.73. The van der Waals surface area contributed by atoms with Crippen molar-refractivity contribution >= 4 is 6.08 Å². The number of likely N-dealkylation sites (tertiary alicyclic amines) is 1. The molecule has 1 saturated heterocycles. The van der Waals surface area contributed by atoms with Crippen molar-refractivity contribution in [2.24, 2.45) is 0 Å². The first-order chi connectivity index (χ1) is 12.3. The van der Waals surface area contributed by atoms with Gasteiger partial charge in [-0.3, -0.25) is 9.88 Å². The molecule has 0 amide bonds. The van der Waals surface area contributed by atoms with Crippen LogP contribution in [0.15, 0.2) is 48.2 Å². The molecule has 3 heterocycles. The number of piperidine rings is 1. The zero-order valence-electron chi connectivity index (χ0n) is 14.6. The van der Waals surface area contributed by atoms with Crippen molar-refractivity contribution < 1.29 is 9.47 Å². The van der Waals surface area contributed by atoms with Crippen LogP contribution >= 0.6 is 0 Å². The molecule has 1 aromatic heterocycles. The minimum absolute atomic E-state index is 0.405. The van der Waals surface area contributed by atoms with Crippen LogP contribution in [0.5, 0.6) is 11.5 Å². The molecule has 0 unspecified atom stereocenters. The summed E-state index contributed by atoms with van der Waals surface area (Å²) in [5.41, 5.74) is 3.59. The maximum absolute atomic E-state index is 5.95. The van der Waals surface area contributed by atoms with Gasteiger partial charge in [0.05, 0.1) is 18.8 Å². The number of ether oxygens (including phenoxy) is 2. The highest BCUT2D eigenvalue weighted by atomic mass is 16.5. The van der Waals surface area contributed by atoms with E-state index in [9.17, 15) is 0 Å². The molecule has 4 rings (SSSR count). The van der Waals surface area contributed by atoms with Crippen LogP contribution in [-0.4, -0.2) is 36.7 Å². The van der Waals surface area contributed by atoms with Gasteiger partial charge in [-0.05, 0) is 61.4 Å². The third-order valence-electron chi connectivity index (χ3n) is 5.04. The van der Waals surface area contributed by atoms with E-state index >= 15 is 0 Å². The fourth-order valence-corrected chi connectivity index (χ4v) is 3.77. The molecule has 2 aromatic rings. The molecule has 4 nitrogen and oxygen atoms in total. The fourth-order valence-electron chi connectivity index (χ4n) is 3.77. The van der Waals surface area contributed by atoms with E-state index in [0.29, 0.717) is 12.6 Å². The number of aromatic nitrogens is 1. The lowest BCUT2D eigenvalue weighted by Crippen LogP contribution is -2.36. The van der Waals surface area contributed by atoms with Crippen molar-refractivity contribution in [3.8, 4) is 11.5 Å². The van der Waals surface area contributed by atoms with Gasteiger partial charge >= 0.3 is 0 Å². The van der Waals surface area contributed by atoms with Crippen LogP contribution in [0.1, 0.15) is 36.6 Å². The topological polar surface area (TPSA) is 34.6 Å². The summed E-state index contributed by atoms with van der Waals surface area (Å²) in [6, 6.07) is 12.6. The number of pyridine rings is 1. The Bertz CT molecular complexity index is 758. The fraction of sp³-hybridized carbons (Fsp3) is 0.381. The molecule has 1 atom stereocenters. The largest absolute Gasteiger partial charge is 0.497 e. The first-order valence-electron chi connectivity index (χ1n) is 8.99. The van der Waals surface area contributed by atoms with Gasteiger partial charge < -0.3 is 9.47 Å². The zero-order chi connectivity index (χ0) is 17.1. The van der Waals surface area contributed by atoms with E-state index < -0.39 is 0 Å². The van der Waals surface area contributed by atoms with Crippen molar-refractivity contribution in [1.29, 1.82) is 0 Å². The first-order valence-corrected chi connectivity index (χ1v) is 8.99. The Hall–Kier alpha value is -2.33. The number of rotatable bonds is 4.